The molecular formula is C14H16O5. The van der Waals surface area contributed by atoms with Gasteiger partial charge < -0.3 is 14.2 Å². The molecule has 0 aliphatic carbocycles. The molecule has 0 amide bonds. The fraction of sp³-hybridized carbons (Fsp3) is 0.429. The van der Waals surface area contributed by atoms with Crippen LogP contribution in [0.1, 0.15) is 27.2 Å². The van der Waals surface area contributed by atoms with E-state index in [-0.39, 0.29) is 5.78 Å². The van der Waals surface area contributed by atoms with Crippen LogP contribution in [0.4, 0.5) is 0 Å². The number of rotatable bonds is 3. The van der Waals surface area contributed by atoms with E-state index in [2.05, 4.69) is 0 Å². The maximum atomic E-state index is 12.0. The average molecular weight is 264 g/mol. The third-order valence-electron chi connectivity index (χ3n) is 3.22. The lowest BCUT2D eigenvalue weighted by molar-refractivity contribution is -0.132. The number of esters is 1. The minimum Gasteiger partial charge on any atom is -0.493 e. The molecule has 0 saturated heterocycles. The van der Waals surface area contributed by atoms with E-state index in [1.807, 2.05) is 0 Å². The Morgan fingerprint density at radius 1 is 1.42 bits per heavy atom. The molecule has 0 aromatic heterocycles. The SMILES string of the molecule is COC1=CC(=O)O/C1=C(/C)C[C@@]1(C)OC=C(C)C1=O. The van der Waals surface area contributed by atoms with E-state index in [1.54, 1.807) is 20.8 Å². The summed E-state index contributed by atoms with van der Waals surface area (Å²) in [7, 11) is 1.46. The molecule has 1 atom stereocenters. The maximum absolute atomic E-state index is 12.0. The molecule has 102 valence electrons. The van der Waals surface area contributed by atoms with Crippen molar-refractivity contribution in [2.75, 3.05) is 7.11 Å². The molecule has 2 heterocycles. The van der Waals surface area contributed by atoms with Crippen LogP contribution in [-0.4, -0.2) is 24.5 Å². The van der Waals surface area contributed by atoms with Crippen LogP contribution in [0, 0.1) is 0 Å². The van der Waals surface area contributed by atoms with Crippen LogP contribution in [0.3, 0.4) is 0 Å². The normalized spacial score (nSPS) is 28.6. The van der Waals surface area contributed by atoms with Gasteiger partial charge in [0.25, 0.3) is 0 Å². The second kappa shape index (κ2) is 4.57. The first-order valence-electron chi connectivity index (χ1n) is 5.94. The van der Waals surface area contributed by atoms with E-state index < -0.39 is 11.6 Å². The number of carbonyl (C=O) groups is 2. The van der Waals surface area contributed by atoms with Gasteiger partial charge in [-0.15, -0.1) is 0 Å². The number of hydrogen-bond acceptors (Lipinski definition) is 5. The molecule has 0 aromatic rings. The smallest absolute Gasteiger partial charge is 0.340 e. The molecule has 5 nitrogen and oxygen atoms in total. The zero-order valence-electron chi connectivity index (χ0n) is 11.4. The summed E-state index contributed by atoms with van der Waals surface area (Å²) in [6.45, 7) is 5.22. The van der Waals surface area contributed by atoms with Crippen molar-refractivity contribution in [1.29, 1.82) is 0 Å². The van der Waals surface area contributed by atoms with E-state index in [0.717, 1.165) is 5.57 Å². The second-order valence-corrected chi connectivity index (χ2v) is 4.90. The van der Waals surface area contributed by atoms with Gasteiger partial charge in [-0.25, -0.2) is 4.79 Å². The average Bonchev–Trinajstić information content (AvgIpc) is 2.86. The molecule has 2 rings (SSSR count). The Kier molecular flexibility index (Phi) is 3.22. The van der Waals surface area contributed by atoms with E-state index in [9.17, 15) is 9.59 Å². The lowest BCUT2D eigenvalue weighted by atomic mass is 9.90. The lowest BCUT2D eigenvalue weighted by Crippen LogP contribution is -2.34. The molecule has 0 aromatic carbocycles. The zero-order valence-corrected chi connectivity index (χ0v) is 11.4. The van der Waals surface area contributed by atoms with Crippen LogP contribution >= 0.6 is 0 Å². The van der Waals surface area contributed by atoms with Crippen LogP contribution in [0.5, 0.6) is 0 Å². The molecule has 0 saturated carbocycles. The van der Waals surface area contributed by atoms with Gasteiger partial charge in [-0.2, -0.15) is 0 Å². The Bertz CT molecular complexity index is 538. The highest BCUT2D eigenvalue weighted by Gasteiger charge is 2.41. The molecule has 0 radical (unpaired) electrons. The molecule has 2 aliphatic heterocycles. The first-order chi connectivity index (χ1) is 8.87. The first-order valence-corrected chi connectivity index (χ1v) is 5.94. The van der Waals surface area contributed by atoms with Crippen molar-refractivity contribution < 1.29 is 23.8 Å². The van der Waals surface area contributed by atoms with Gasteiger partial charge in [-0.3, -0.25) is 4.79 Å². The highest BCUT2D eigenvalue weighted by Crippen LogP contribution is 2.34. The third-order valence-corrected chi connectivity index (χ3v) is 3.22. The van der Waals surface area contributed by atoms with Gasteiger partial charge in [0.1, 0.15) is 0 Å². The van der Waals surface area contributed by atoms with Gasteiger partial charge in [0, 0.05) is 12.0 Å². The van der Waals surface area contributed by atoms with Gasteiger partial charge in [0.2, 0.25) is 5.78 Å². The summed E-state index contributed by atoms with van der Waals surface area (Å²) in [6, 6.07) is 0. The number of carbonyl (C=O) groups excluding carboxylic acids is 2. The van der Waals surface area contributed by atoms with Crippen molar-refractivity contribution in [3.05, 3.63) is 35.0 Å². The topological polar surface area (TPSA) is 61.8 Å². The Morgan fingerprint density at radius 3 is 2.63 bits per heavy atom. The van der Waals surface area contributed by atoms with Crippen LogP contribution in [0.2, 0.25) is 0 Å². The summed E-state index contributed by atoms with van der Waals surface area (Å²) in [4.78, 5) is 23.3. The molecule has 0 spiro atoms. The largest absolute Gasteiger partial charge is 0.493 e. The predicted octanol–water partition coefficient (Wildman–Crippen LogP) is 2.00. The molecule has 19 heavy (non-hydrogen) atoms. The molecular weight excluding hydrogens is 248 g/mol. The highest BCUT2D eigenvalue weighted by atomic mass is 16.6. The molecule has 2 aliphatic rings. The standard InChI is InChI=1S/C14H16O5/c1-8(12-10(17-4)5-11(15)19-12)6-14(3)13(16)9(2)7-18-14/h5,7H,6H2,1-4H3/b12-8-/t14-/m1/s1. The van der Waals surface area contributed by atoms with Gasteiger partial charge in [-0.05, 0) is 26.3 Å². The summed E-state index contributed by atoms with van der Waals surface area (Å²) in [6.07, 6.45) is 3.08. The summed E-state index contributed by atoms with van der Waals surface area (Å²) in [5, 5.41) is 0. The third kappa shape index (κ3) is 2.28. The van der Waals surface area contributed by atoms with Crippen LogP contribution in [0.15, 0.2) is 35.0 Å². The Hall–Kier alpha value is -2.04. The summed E-state index contributed by atoms with van der Waals surface area (Å²) < 4.78 is 15.6. The van der Waals surface area contributed by atoms with Gasteiger partial charge in [0.05, 0.1) is 19.4 Å². The van der Waals surface area contributed by atoms with E-state index in [1.165, 1.54) is 19.4 Å². The van der Waals surface area contributed by atoms with Gasteiger partial charge >= 0.3 is 5.97 Å². The summed E-state index contributed by atoms with van der Waals surface area (Å²) >= 11 is 0. The quantitative estimate of drug-likeness (QED) is 0.729. The number of methoxy groups -OCH3 is 1. The van der Waals surface area contributed by atoms with Crippen molar-refractivity contribution in [3.8, 4) is 0 Å². The number of ether oxygens (including phenoxy) is 3. The molecule has 0 bridgehead atoms. The van der Waals surface area contributed by atoms with Crippen molar-refractivity contribution in [3.63, 3.8) is 0 Å². The minimum atomic E-state index is -0.936. The number of hydrogen-bond donors (Lipinski definition) is 0. The molecule has 0 fully saturated rings. The van der Waals surface area contributed by atoms with Crippen molar-refractivity contribution in [2.24, 2.45) is 0 Å². The number of cyclic esters (lactones) is 1. The van der Waals surface area contributed by atoms with E-state index in [0.29, 0.717) is 23.5 Å². The van der Waals surface area contributed by atoms with E-state index in [4.69, 9.17) is 14.2 Å². The Morgan fingerprint density at radius 2 is 2.11 bits per heavy atom. The van der Waals surface area contributed by atoms with Gasteiger partial charge in [-0.1, -0.05) is 0 Å². The zero-order chi connectivity index (χ0) is 14.2. The van der Waals surface area contributed by atoms with Crippen molar-refractivity contribution >= 4 is 11.8 Å². The molecule has 0 N–H and O–H groups in total. The first kappa shape index (κ1) is 13.4. The highest BCUT2D eigenvalue weighted by molar-refractivity contribution is 6.03. The molecule has 0 unspecified atom stereocenters. The van der Waals surface area contributed by atoms with Crippen LogP contribution < -0.4 is 0 Å². The van der Waals surface area contributed by atoms with Crippen molar-refractivity contribution in [1.82, 2.24) is 0 Å². The molecule has 5 heteroatoms. The predicted molar refractivity (Wildman–Crippen MR) is 66.8 cm³/mol. The van der Waals surface area contributed by atoms with Crippen LogP contribution in [0.25, 0.3) is 0 Å². The fourth-order valence-electron chi connectivity index (χ4n) is 2.25. The van der Waals surface area contributed by atoms with E-state index >= 15 is 0 Å². The minimum absolute atomic E-state index is 0.0558. The maximum Gasteiger partial charge on any atom is 0.340 e. The summed E-state index contributed by atoms with van der Waals surface area (Å²) in [5.74, 6) is 0.222. The Balaban J connectivity index is 2.23. The van der Waals surface area contributed by atoms with Gasteiger partial charge in [0.15, 0.2) is 17.1 Å². The number of Topliss-reactive ketones (excluding diaryl/α,β-unsaturated/α-hetero) is 1. The second-order valence-electron chi connectivity index (χ2n) is 4.90. The monoisotopic (exact) mass is 264 g/mol. The lowest BCUT2D eigenvalue weighted by Gasteiger charge is -2.23. The number of ketones is 1. The summed E-state index contributed by atoms with van der Waals surface area (Å²) in [5.41, 5.74) is 0.388. The fourth-order valence-corrected chi connectivity index (χ4v) is 2.25. The van der Waals surface area contributed by atoms with Crippen LogP contribution in [-0.2, 0) is 23.8 Å². The van der Waals surface area contributed by atoms with Crippen molar-refractivity contribution in [2.45, 2.75) is 32.8 Å². The Labute approximate surface area is 111 Å².